The van der Waals surface area contributed by atoms with Crippen molar-refractivity contribution in [2.24, 2.45) is 4.99 Å². The number of guanidine groups is 1. The molecule has 24 heavy (non-hydrogen) atoms. The zero-order chi connectivity index (χ0) is 16.5. The van der Waals surface area contributed by atoms with Crippen molar-refractivity contribution in [1.29, 1.82) is 0 Å². The van der Waals surface area contributed by atoms with Gasteiger partial charge in [-0.25, -0.2) is 4.99 Å². The van der Waals surface area contributed by atoms with E-state index in [0.717, 1.165) is 56.5 Å². The van der Waals surface area contributed by atoms with Gasteiger partial charge >= 0.3 is 0 Å². The van der Waals surface area contributed by atoms with E-state index < -0.39 is 0 Å². The van der Waals surface area contributed by atoms with Gasteiger partial charge in [-0.1, -0.05) is 12.5 Å². The van der Waals surface area contributed by atoms with Crippen LogP contribution in [-0.2, 0) is 19.5 Å². The van der Waals surface area contributed by atoms with Gasteiger partial charge in [-0.3, -0.25) is 0 Å². The van der Waals surface area contributed by atoms with Crippen LogP contribution in [0.4, 0.5) is 0 Å². The molecule has 1 aromatic heterocycles. The van der Waals surface area contributed by atoms with Crippen molar-refractivity contribution in [3.8, 4) is 0 Å². The Morgan fingerprint density at radius 3 is 2.96 bits per heavy atom. The van der Waals surface area contributed by atoms with Crippen molar-refractivity contribution < 1.29 is 0 Å². The van der Waals surface area contributed by atoms with Crippen LogP contribution in [-0.4, -0.2) is 45.8 Å². The molecule has 0 saturated carbocycles. The fourth-order valence-corrected chi connectivity index (χ4v) is 2.86. The van der Waals surface area contributed by atoms with Crippen molar-refractivity contribution in [3.05, 3.63) is 24.3 Å². The normalized spacial score (nSPS) is 14.3. The van der Waals surface area contributed by atoms with Crippen molar-refractivity contribution in [2.45, 2.75) is 58.5 Å². The summed E-state index contributed by atoms with van der Waals surface area (Å²) >= 11 is 0. The molecule has 0 aromatic carbocycles. The summed E-state index contributed by atoms with van der Waals surface area (Å²) in [5, 5.41) is 12.1. The quantitative estimate of drug-likeness (QED) is 0.230. The zero-order valence-electron chi connectivity index (χ0n) is 15.0. The Kier molecular flexibility index (Phi) is 9.97. The van der Waals surface area contributed by atoms with E-state index in [1.165, 1.54) is 19.3 Å². The summed E-state index contributed by atoms with van der Waals surface area (Å²) in [4.78, 5) is 6.93. The summed E-state index contributed by atoms with van der Waals surface area (Å²) in [6.07, 6.45) is 8.83. The van der Waals surface area contributed by atoms with Crippen molar-refractivity contribution in [1.82, 2.24) is 25.0 Å². The fourth-order valence-electron chi connectivity index (χ4n) is 2.86. The lowest BCUT2D eigenvalue weighted by Gasteiger charge is -2.21. The molecule has 0 atom stereocenters. The number of aliphatic imine (C=N–C) groups is 1. The molecule has 1 aromatic rings. The molecule has 7 heteroatoms. The number of fused-ring (bicyclic) bond motifs is 1. The van der Waals surface area contributed by atoms with Gasteiger partial charge in [0.2, 0.25) is 0 Å². The molecule has 0 amide bonds. The summed E-state index contributed by atoms with van der Waals surface area (Å²) in [6.45, 7) is 9.31. The first-order valence-corrected chi connectivity index (χ1v) is 8.77. The standard InChI is InChI=1S/C17H30N6.HI/c1-4-6-9-12-22(3)17(18-5-2)19-14-16-21-20-15-11-8-7-10-13-23(15)16;/h4H,1,5-14H2,2-3H3,(H,18,19);1H. The maximum atomic E-state index is 4.76. The molecule has 0 bridgehead atoms. The number of allylic oxidation sites excluding steroid dienone is 1. The molecule has 0 radical (unpaired) electrons. The molecule has 0 aliphatic carbocycles. The minimum absolute atomic E-state index is 0. The van der Waals surface area contributed by atoms with Crippen LogP contribution in [0.15, 0.2) is 17.6 Å². The predicted molar refractivity (Wildman–Crippen MR) is 110 cm³/mol. The third-order valence-corrected chi connectivity index (χ3v) is 4.15. The minimum Gasteiger partial charge on any atom is -0.357 e. The number of halogens is 1. The van der Waals surface area contributed by atoms with Gasteiger partial charge in [0.25, 0.3) is 0 Å². The van der Waals surface area contributed by atoms with Crippen LogP contribution in [0.5, 0.6) is 0 Å². The average molecular weight is 446 g/mol. The first kappa shape index (κ1) is 20.9. The third kappa shape index (κ3) is 6.07. The Balaban J connectivity index is 0.00000288. The molecule has 0 fully saturated rings. The number of rotatable bonds is 7. The number of aromatic nitrogens is 3. The van der Waals surface area contributed by atoms with Gasteiger partial charge < -0.3 is 14.8 Å². The van der Waals surface area contributed by atoms with Gasteiger partial charge in [0, 0.05) is 33.1 Å². The van der Waals surface area contributed by atoms with E-state index in [1.807, 2.05) is 6.08 Å². The monoisotopic (exact) mass is 446 g/mol. The van der Waals surface area contributed by atoms with Crippen LogP contribution >= 0.6 is 24.0 Å². The summed E-state index contributed by atoms with van der Waals surface area (Å²) in [5.41, 5.74) is 0. The maximum Gasteiger partial charge on any atom is 0.194 e. The lowest BCUT2D eigenvalue weighted by molar-refractivity contribution is 0.469. The second kappa shape index (κ2) is 11.4. The van der Waals surface area contributed by atoms with E-state index in [9.17, 15) is 0 Å². The van der Waals surface area contributed by atoms with Crippen LogP contribution < -0.4 is 5.32 Å². The number of hydrogen-bond donors (Lipinski definition) is 1. The first-order chi connectivity index (χ1) is 11.3. The van der Waals surface area contributed by atoms with Crippen molar-refractivity contribution in [2.75, 3.05) is 20.1 Å². The summed E-state index contributed by atoms with van der Waals surface area (Å²) in [5.74, 6) is 3.04. The molecule has 2 heterocycles. The van der Waals surface area contributed by atoms with E-state index >= 15 is 0 Å². The number of aryl methyl sites for hydroxylation is 1. The zero-order valence-corrected chi connectivity index (χ0v) is 17.3. The highest BCUT2D eigenvalue weighted by Gasteiger charge is 2.14. The molecule has 1 aliphatic rings. The Labute approximate surface area is 162 Å². The van der Waals surface area contributed by atoms with Gasteiger partial charge in [0.15, 0.2) is 11.8 Å². The van der Waals surface area contributed by atoms with Crippen LogP contribution in [0.25, 0.3) is 0 Å². The highest BCUT2D eigenvalue weighted by molar-refractivity contribution is 14.0. The second-order valence-corrected chi connectivity index (χ2v) is 6.02. The molecule has 0 saturated heterocycles. The molecule has 136 valence electrons. The highest BCUT2D eigenvalue weighted by Crippen LogP contribution is 2.14. The van der Waals surface area contributed by atoms with Crippen LogP contribution in [0.1, 0.15) is 50.7 Å². The Morgan fingerprint density at radius 2 is 2.21 bits per heavy atom. The van der Waals surface area contributed by atoms with E-state index in [2.05, 4.69) is 45.5 Å². The van der Waals surface area contributed by atoms with E-state index in [0.29, 0.717) is 6.54 Å². The Morgan fingerprint density at radius 1 is 1.38 bits per heavy atom. The molecule has 0 unspecified atom stereocenters. The summed E-state index contributed by atoms with van der Waals surface area (Å²) in [7, 11) is 2.08. The van der Waals surface area contributed by atoms with Gasteiger partial charge in [-0.15, -0.1) is 40.8 Å². The number of nitrogens with one attached hydrogen (secondary N) is 1. The van der Waals surface area contributed by atoms with E-state index in [-0.39, 0.29) is 24.0 Å². The van der Waals surface area contributed by atoms with Crippen LogP contribution in [0, 0.1) is 0 Å². The minimum atomic E-state index is 0. The van der Waals surface area contributed by atoms with Gasteiger partial charge in [0.1, 0.15) is 12.4 Å². The number of nitrogens with zero attached hydrogens (tertiary/aromatic N) is 5. The first-order valence-electron chi connectivity index (χ1n) is 8.77. The average Bonchev–Trinajstić information content (AvgIpc) is 2.78. The van der Waals surface area contributed by atoms with Crippen LogP contribution in [0.2, 0.25) is 0 Å². The molecular formula is C17H31IN6. The second-order valence-electron chi connectivity index (χ2n) is 6.02. The van der Waals surface area contributed by atoms with Crippen molar-refractivity contribution in [3.63, 3.8) is 0 Å². The molecule has 0 spiro atoms. The number of unbranched alkanes of at least 4 members (excludes halogenated alkanes) is 1. The summed E-state index contributed by atoms with van der Waals surface area (Å²) < 4.78 is 2.26. The summed E-state index contributed by atoms with van der Waals surface area (Å²) in [6, 6.07) is 0. The molecule has 1 N–H and O–H groups in total. The van der Waals surface area contributed by atoms with Gasteiger partial charge in [-0.2, -0.15) is 0 Å². The molecule has 6 nitrogen and oxygen atoms in total. The largest absolute Gasteiger partial charge is 0.357 e. The smallest absolute Gasteiger partial charge is 0.194 e. The van der Waals surface area contributed by atoms with Crippen molar-refractivity contribution >= 4 is 29.9 Å². The maximum absolute atomic E-state index is 4.76. The Hall–Kier alpha value is -1.12. The SMILES string of the molecule is C=CCCCN(C)C(=NCc1nnc2n1CCCCC2)NCC.I. The number of hydrogen-bond acceptors (Lipinski definition) is 3. The highest BCUT2D eigenvalue weighted by atomic mass is 127. The molecule has 1 aliphatic heterocycles. The molecular weight excluding hydrogens is 415 g/mol. The van der Waals surface area contributed by atoms with Gasteiger partial charge in [0.05, 0.1) is 0 Å². The van der Waals surface area contributed by atoms with Crippen LogP contribution in [0.3, 0.4) is 0 Å². The fraction of sp³-hybridized carbons (Fsp3) is 0.706. The van der Waals surface area contributed by atoms with E-state index in [1.54, 1.807) is 0 Å². The topological polar surface area (TPSA) is 58.3 Å². The van der Waals surface area contributed by atoms with E-state index in [4.69, 9.17) is 4.99 Å². The Bertz CT molecular complexity index is 525. The lowest BCUT2D eigenvalue weighted by Crippen LogP contribution is -2.39. The third-order valence-electron chi connectivity index (χ3n) is 4.15. The molecule has 2 rings (SSSR count). The lowest BCUT2D eigenvalue weighted by atomic mass is 10.2. The predicted octanol–water partition coefficient (Wildman–Crippen LogP) is 2.99. The van der Waals surface area contributed by atoms with Gasteiger partial charge in [-0.05, 0) is 32.6 Å².